The van der Waals surface area contributed by atoms with Gasteiger partial charge < -0.3 is 15.6 Å². The molecule has 33 heavy (non-hydrogen) atoms. The Labute approximate surface area is 199 Å². The molecule has 8 heteroatoms. The summed E-state index contributed by atoms with van der Waals surface area (Å²) in [6.07, 6.45) is 0.621. The lowest BCUT2D eigenvalue weighted by molar-refractivity contribution is -0.118. The first kappa shape index (κ1) is 24.5. The van der Waals surface area contributed by atoms with E-state index < -0.39 is 5.25 Å². The molecule has 1 atom stereocenters. The van der Waals surface area contributed by atoms with Crippen molar-refractivity contribution >= 4 is 29.3 Å². The van der Waals surface area contributed by atoms with E-state index in [1.54, 1.807) is 0 Å². The summed E-state index contributed by atoms with van der Waals surface area (Å²) in [6.45, 7) is 8.87. The number of hydrogen-bond acceptors (Lipinski definition) is 5. The minimum Gasteiger partial charge on any atom is -0.370 e. The normalized spacial score (nSPS) is 12.0. The fourth-order valence-electron chi connectivity index (χ4n) is 3.45. The van der Waals surface area contributed by atoms with Gasteiger partial charge in [0.15, 0.2) is 5.16 Å². The van der Waals surface area contributed by atoms with E-state index in [2.05, 4.69) is 29.4 Å². The van der Waals surface area contributed by atoms with Gasteiger partial charge in [0.1, 0.15) is 11.1 Å². The summed E-state index contributed by atoms with van der Waals surface area (Å²) in [6, 6.07) is 15.7. The maximum Gasteiger partial charge on any atom is 0.242 e. The van der Waals surface area contributed by atoms with Crippen molar-refractivity contribution in [3.05, 3.63) is 71.0 Å². The molecule has 0 saturated carbocycles. The summed E-state index contributed by atoms with van der Waals surface area (Å²) in [4.78, 5) is 24.8. The van der Waals surface area contributed by atoms with Crippen LogP contribution >= 0.6 is 11.8 Å². The maximum atomic E-state index is 13.5. The Hall–Kier alpha value is -3.13. The molecule has 0 bridgehead atoms. The fraction of sp³-hybridized carbons (Fsp3) is 0.360. The predicted octanol–water partition coefficient (Wildman–Crippen LogP) is 4.44. The first-order chi connectivity index (χ1) is 15.7. The second kappa shape index (κ2) is 11.1. The zero-order valence-corrected chi connectivity index (χ0v) is 20.4. The van der Waals surface area contributed by atoms with Gasteiger partial charge in [-0.25, -0.2) is 0 Å². The van der Waals surface area contributed by atoms with E-state index in [-0.39, 0.29) is 18.2 Å². The molecule has 0 spiro atoms. The van der Waals surface area contributed by atoms with Crippen LogP contribution in [0.25, 0.3) is 0 Å². The predicted molar refractivity (Wildman–Crippen MR) is 132 cm³/mol. The van der Waals surface area contributed by atoms with E-state index in [0.717, 1.165) is 22.4 Å². The molecule has 3 rings (SSSR count). The van der Waals surface area contributed by atoms with E-state index in [1.165, 1.54) is 11.8 Å². The van der Waals surface area contributed by atoms with Gasteiger partial charge in [0.05, 0.1) is 0 Å². The van der Waals surface area contributed by atoms with Crippen molar-refractivity contribution in [2.75, 3.05) is 5.32 Å². The van der Waals surface area contributed by atoms with Gasteiger partial charge in [0.2, 0.25) is 11.8 Å². The van der Waals surface area contributed by atoms with Crippen molar-refractivity contribution in [1.29, 1.82) is 0 Å². The van der Waals surface area contributed by atoms with E-state index >= 15 is 0 Å². The van der Waals surface area contributed by atoms with Crippen LogP contribution in [0.4, 0.5) is 5.69 Å². The van der Waals surface area contributed by atoms with Crippen LogP contribution < -0.4 is 11.1 Å². The van der Waals surface area contributed by atoms with E-state index in [9.17, 15) is 9.59 Å². The standard InChI is InChI=1S/C25H31N5O2S/c1-16(2)15-30-22(13-12-21(26)31)28-29-25(30)33-23(19-8-6-5-7-9-19)24(32)27-20-14-17(3)10-11-18(20)4/h5-11,14,16,23H,12-13,15H2,1-4H3,(H2,26,31)(H,27,32)/t23-/m0/s1. The van der Waals surface area contributed by atoms with Crippen molar-refractivity contribution in [2.45, 2.75) is 57.5 Å². The van der Waals surface area contributed by atoms with Gasteiger partial charge in [-0.3, -0.25) is 9.59 Å². The molecule has 0 saturated heterocycles. The van der Waals surface area contributed by atoms with Gasteiger partial charge in [-0.1, -0.05) is 68.1 Å². The topological polar surface area (TPSA) is 103 Å². The van der Waals surface area contributed by atoms with E-state index in [4.69, 9.17) is 5.73 Å². The number of nitrogens with one attached hydrogen (secondary N) is 1. The van der Waals surface area contributed by atoms with Gasteiger partial charge in [-0.05, 0) is 42.5 Å². The molecule has 3 aromatic rings. The summed E-state index contributed by atoms with van der Waals surface area (Å²) >= 11 is 1.36. The molecule has 174 valence electrons. The van der Waals surface area contributed by atoms with Crippen LogP contribution in [0.5, 0.6) is 0 Å². The van der Waals surface area contributed by atoms with Crippen molar-refractivity contribution in [2.24, 2.45) is 11.7 Å². The van der Waals surface area contributed by atoms with E-state index in [0.29, 0.717) is 29.9 Å². The minimum atomic E-state index is -0.523. The van der Waals surface area contributed by atoms with Crippen LogP contribution in [0.2, 0.25) is 0 Å². The molecular weight excluding hydrogens is 434 g/mol. The Bertz CT molecular complexity index is 1110. The number of carbonyl (C=O) groups excluding carboxylic acids is 2. The number of rotatable bonds is 10. The molecule has 3 N–H and O–H groups in total. The molecule has 0 aliphatic carbocycles. The Balaban J connectivity index is 1.93. The molecule has 0 aliphatic heterocycles. The number of anilines is 1. The number of aryl methyl sites for hydroxylation is 3. The fourth-order valence-corrected chi connectivity index (χ4v) is 4.51. The Morgan fingerprint density at radius 1 is 1.09 bits per heavy atom. The first-order valence-electron chi connectivity index (χ1n) is 11.0. The molecule has 0 aliphatic rings. The summed E-state index contributed by atoms with van der Waals surface area (Å²) in [7, 11) is 0. The Morgan fingerprint density at radius 3 is 2.48 bits per heavy atom. The number of benzene rings is 2. The summed E-state index contributed by atoms with van der Waals surface area (Å²) in [5, 5.41) is 11.9. The lowest BCUT2D eigenvalue weighted by atomic mass is 10.1. The third-order valence-electron chi connectivity index (χ3n) is 5.15. The Kier molecular flexibility index (Phi) is 8.27. The van der Waals surface area contributed by atoms with Gasteiger partial charge in [0, 0.05) is 25.1 Å². The molecule has 1 aromatic heterocycles. The highest BCUT2D eigenvalue weighted by atomic mass is 32.2. The highest BCUT2D eigenvalue weighted by Gasteiger charge is 2.26. The summed E-state index contributed by atoms with van der Waals surface area (Å²) in [5.74, 6) is 0.536. The minimum absolute atomic E-state index is 0.127. The van der Waals surface area contributed by atoms with Crippen LogP contribution in [0.3, 0.4) is 0 Å². The van der Waals surface area contributed by atoms with Gasteiger partial charge >= 0.3 is 0 Å². The molecule has 2 amide bonds. The monoisotopic (exact) mass is 465 g/mol. The molecule has 1 heterocycles. The summed E-state index contributed by atoms with van der Waals surface area (Å²) in [5.41, 5.74) is 9.09. The van der Waals surface area contributed by atoms with Gasteiger partial charge in [-0.15, -0.1) is 10.2 Å². The molecule has 2 aromatic carbocycles. The second-order valence-corrected chi connectivity index (χ2v) is 9.66. The lowest BCUT2D eigenvalue weighted by Crippen LogP contribution is -2.20. The zero-order valence-electron chi connectivity index (χ0n) is 19.5. The van der Waals surface area contributed by atoms with Gasteiger partial charge in [0.25, 0.3) is 0 Å². The van der Waals surface area contributed by atoms with Crippen molar-refractivity contribution in [3.63, 3.8) is 0 Å². The second-order valence-electron chi connectivity index (χ2n) is 8.59. The van der Waals surface area contributed by atoms with Crippen LogP contribution in [0.1, 0.15) is 48.0 Å². The average molecular weight is 466 g/mol. The highest BCUT2D eigenvalue weighted by Crippen LogP contribution is 2.36. The molecule has 7 nitrogen and oxygen atoms in total. The third kappa shape index (κ3) is 6.68. The number of amides is 2. The third-order valence-corrected chi connectivity index (χ3v) is 6.39. The van der Waals surface area contributed by atoms with Crippen LogP contribution in [0, 0.1) is 19.8 Å². The van der Waals surface area contributed by atoms with Crippen molar-refractivity contribution < 1.29 is 9.59 Å². The lowest BCUT2D eigenvalue weighted by Gasteiger charge is -2.19. The van der Waals surface area contributed by atoms with Crippen LogP contribution in [-0.2, 0) is 22.6 Å². The number of nitrogens with zero attached hydrogens (tertiary/aromatic N) is 3. The number of hydrogen-bond donors (Lipinski definition) is 2. The molecule has 0 unspecified atom stereocenters. The quantitative estimate of drug-likeness (QED) is 0.431. The summed E-state index contributed by atoms with van der Waals surface area (Å²) < 4.78 is 2.00. The molecule has 0 radical (unpaired) electrons. The largest absolute Gasteiger partial charge is 0.370 e. The van der Waals surface area contributed by atoms with Crippen LogP contribution in [0.15, 0.2) is 53.7 Å². The van der Waals surface area contributed by atoms with Gasteiger partial charge in [-0.2, -0.15) is 0 Å². The SMILES string of the molecule is Cc1ccc(C)c(NC(=O)[C@@H](Sc2nnc(CCC(N)=O)n2CC(C)C)c2ccccc2)c1. The zero-order chi connectivity index (χ0) is 24.0. The van der Waals surface area contributed by atoms with Crippen molar-refractivity contribution in [3.8, 4) is 0 Å². The van der Waals surface area contributed by atoms with E-state index in [1.807, 2.05) is 66.9 Å². The van der Waals surface area contributed by atoms with Crippen LogP contribution in [-0.4, -0.2) is 26.6 Å². The first-order valence-corrected chi connectivity index (χ1v) is 11.9. The number of aromatic nitrogens is 3. The van der Waals surface area contributed by atoms with Crippen molar-refractivity contribution in [1.82, 2.24) is 14.8 Å². The maximum absolute atomic E-state index is 13.5. The average Bonchev–Trinajstić information content (AvgIpc) is 3.14. The highest BCUT2D eigenvalue weighted by molar-refractivity contribution is 8.00. The number of primary amides is 1. The number of nitrogens with two attached hydrogens (primary N) is 1. The smallest absolute Gasteiger partial charge is 0.242 e. The Morgan fingerprint density at radius 2 is 1.82 bits per heavy atom. The molecule has 0 fully saturated rings. The molecular formula is C25H31N5O2S. The number of carbonyl (C=O) groups is 2. The number of thioether (sulfide) groups is 1.